The van der Waals surface area contributed by atoms with Crippen LogP contribution < -0.4 is 5.32 Å². The summed E-state index contributed by atoms with van der Waals surface area (Å²) in [6.45, 7) is 2.01. The maximum absolute atomic E-state index is 12.7. The van der Waals surface area contributed by atoms with E-state index >= 15 is 0 Å². The number of carbonyl (C=O) groups excluding carboxylic acids is 1. The van der Waals surface area contributed by atoms with Crippen molar-refractivity contribution in [1.29, 1.82) is 0 Å². The molecule has 1 aliphatic heterocycles. The van der Waals surface area contributed by atoms with Crippen LogP contribution in [-0.4, -0.2) is 48.8 Å². The Hall–Kier alpha value is -2.41. The van der Waals surface area contributed by atoms with Gasteiger partial charge in [-0.25, -0.2) is 8.42 Å². The molecule has 2 aromatic rings. The number of hydrogen-bond acceptors (Lipinski definition) is 5. The molecule has 1 saturated heterocycles. The lowest BCUT2D eigenvalue weighted by Crippen LogP contribution is -2.37. The van der Waals surface area contributed by atoms with Gasteiger partial charge in [0, 0.05) is 25.0 Å². The highest BCUT2D eigenvalue weighted by molar-refractivity contribution is 7.91. The van der Waals surface area contributed by atoms with Crippen LogP contribution in [0.2, 0.25) is 0 Å². The van der Waals surface area contributed by atoms with Crippen molar-refractivity contribution in [2.24, 2.45) is 0 Å². The molecular formula is C18H21N3O3S. The second kappa shape index (κ2) is 6.84. The quantitative estimate of drug-likeness (QED) is 0.907. The molecular weight excluding hydrogens is 338 g/mol. The molecule has 1 atom stereocenters. The van der Waals surface area contributed by atoms with Crippen molar-refractivity contribution < 1.29 is 13.2 Å². The molecule has 6 nitrogen and oxygen atoms in total. The van der Waals surface area contributed by atoms with Gasteiger partial charge in [-0.15, -0.1) is 0 Å². The van der Waals surface area contributed by atoms with Gasteiger partial charge in [-0.3, -0.25) is 9.78 Å². The van der Waals surface area contributed by atoms with E-state index < -0.39 is 9.84 Å². The number of pyridine rings is 1. The SMILES string of the molecule is Cc1cccc(Nc2cncc(C(=O)N(C)C3CCS(=O)(=O)C3)c2)c1. The molecule has 1 aromatic carbocycles. The summed E-state index contributed by atoms with van der Waals surface area (Å²) in [4.78, 5) is 18.3. The van der Waals surface area contributed by atoms with Gasteiger partial charge >= 0.3 is 0 Å². The number of amides is 1. The van der Waals surface area contributed by atoms with Crippen LogP contribution in [0.5, 0.6) is 0 Å². The molecule has 1 aromatic heterocycles. The van der Waals surface area contributed by atoms with Gasteiger partial charge in [0.2, 0.25) is 0 Å². The van der Waals surface area contributed by atoms with Gasteiger partial charge in [0.1, 0.15) is 0 Å². The molecule has 0 saturated carbocycles. The van der Waals surface area contributed by atoms with E-state index in [2.05, 4.69) is 10.3 Å². The van der Waals surface area contributed by atoms with Crippen molar-refractivity contribution in [2.75, 3.05) is 23.9 Å². The summed E-state index contributed by atoms with van der Waals surface area (Å²) < 4.78 is 23.3. The van der Waals surface area contributed by atoms with Crippen LogP contribution in [0.4, 0.5) is 11.4 Å². The van der Waals surface area contributed by atoms with Gasteiger partial charge in [0.25, 0.3) is 5.91 Å². The molecule has 0 aliphatic carbocycles. The average molecular weight is 359 g/mol. The van der Waals surface area contributed by atoms with Crippen molar-refractivity contribution in [3.05, 3.63) is 53.9 Å². The first kappa shape index (κ1) is 17.4. The van der Waals surface area contributed by atoms with E-state index in [4.69, 9.17) is 0 Å². The van der Waals surface area contributed by atoms with Crippen LogP contribution in [0.1, 0.15) is 22.3 Å². The molecule has 1 aliphatic rings. The average Bonchev–Trinajstić information content (AvgIpc) is 2.94. The number of nitrogens with zero attached hydrogens (tertiary/aromatic N) is 2. The van der Waals surface area contributed by atoms with Gasteiger partial charge < -0.3 is 10.2 Å². The zero-order valence-electron chi connectivity index (χ0n) is 14.3. The van der Waals surface area contributed by atoms with E-state index in [-0.39, 0.29) is 23.5 Å². The number of benzene rings is 1. The van der Waals surface area contributed by atoms with Crippen molar-refractivity contribution >= 4 is 27.1 Å². The Morgan fingerprint density at radius 3 is 2.72 bits per heavy atom. The Bertz CT molecular complexity index is 896. The summed E-state index contributed by atoms with van der Waals surface area (Å²) >= 11 is 0. The minimum Gasteiger partial charge on any atom is -0.354 e. The fourth-order valence-corrected chi connectivity index (χ4v) is 4.74. The number of hydrogen-bond donors (Lipinski definition) is 1. The number of nitrogens with one attached hydrogen (secondary N) is 1. The Morgan fingerprint density at radius 2 is 2.04 bits per heavy atom. The first-order chi connectivity index (χ1) is 11.8. The number of sulfone groups is 1. The van der Waals surface area contributed by atoms with Crippen LogP contribution in [0.3, 0.4) is 0 Å². The molecule has 0 bridgehead atoms. The maximum atomic E-state index is 12.7. The maximum Gasteiger partial charge on any atom is 0.255 e. The van der Waals surface area contributed by atoms with Crippen LogP contribution in [-0.2, 0) is 9.84 Å². The largest absolute Gasteiger partial charge is 0.354 e. The van der Waals surface area contributed by atoms with Crippen LogP contribution in [0.25, 0.3) is 0 Å². The molecule has 0 radical (unpaired) electrons. The molecule has 25 heavy (non-hydrogen) atoms. The minimum atomic E-state index is -3.03. The number of anilines is 2. The molecule has 2 heterocycles. The van der Waals surface area contributed by atoms with Crippen LogP contribution in [0.15, 0.2) is 42.7 Å². The van der Waals surface area contributed by atoms with Gasteiger partial charge in [-0.2, -0.15) is 0 Å². The monoisotopic (exact) mass is 359 g/mol. The lowest BCUT2D eigenvalue weighted by Gasteiger charge is -2.23. The number of carbonyl (C=O) groups is 1. The predicted molar refractivity (Wildman–Crippen MR) is 97.9 cm³/mol. The van der Waals surface area contributed by atoms with E-state index in [0.29, 0.717) is 17.7 Å². The zero-order chi connectivity index (χ0) is 18.0. The van der Waals surface area contributed by atoms with E-state index in [9.17, 15) is 13.2 Å². The fraction of sp³-hybridized carbons (Fsp3) is 0.333. The summed E-state index contributed by atoms with van der Waals surface area (Å²) in [6, 6.07) is 9.37. The zero-order valence-corrected chi connectivity index (χ0v) is 15.1. The Balaban J connectivity index is 1.75. The second-order valence-corrected chi connectivity index (χ2v) is 8.66. The summed E-state index contributed by atoms with van der Waals surface area (Å²) in [5, 5.41) is 3.23. The van der Waals surface area contributed by atoms with Crippen LogP contribution in [0, 0.1) is 6.92 Å². The van der Waals surface area contributed by atoms with Crippen molar-refractivity contribution in [3.63, 3.8) is 0 Å². The van der Waals surface area contributed by atoms with Gasteiger partial charge in [-0.1, -0.05) is 12.1 Å². The molecule has 1 amide bonds. The minimum absolute atomic E-state index is 0.0316. The molecule has 1 fully saturated rings. The molecule has 3 rings (SSSR count). The molecule has 0 spiro atoms. The summed E-state index contributed by atoms with van der Waals surface area (Å²) in [5.41, 5.74) is 3.20. The predicted octanol–water partition coefficient (Wildman–Crippen LogP) is 2.39. The number of rotatable bonds is 4. The fourth-order valence-electron chi connectivity index (χ4n) is 2.97. The Labute approximate surface area is 147 Å². The summed E-state index contributed by atoms with van der Waals surface area (Å²) in [7, 11) is -1.38. The van der Waals surface area contributed by atoms with E-state index in [1.807, 2.05) is 31.2 Å². The highest BCUT2D eigenvalue weighted by Crippen LogP contribution is 2.21. The second-order valence-electron chi connectivity index (χ2n) is 6.43. The molecule has 1 unspecified atom stereocenters. The van der Waals surface area contributed by atoms with Gasteiger partial charge in [0.15, 0.2) is 9.84 Å². The first-order valence-corrected chi connectivity index (χ1v) is 9.92. The molecule has 1 N–H and O–H groups in total. The van der Waals surface area contributed by atoms with Crippen molar-refractivity contribution in [3.8, 4) is 0 Å². The normalized spacial score (nSPS) is 18.7. The third kappa shape index (κ3) is 4.17. The smallest absolute Gasteiger partial charge is 0.255 e. The first-order valence-electron chi connectivity index (χ1n) is 8.10. The Kier molecular flexibility index (Phi) is 4.76. The molecule has 132 valence electrons. The highest BCUT2D eigenvalue weighted by Gasteiger charge is 2.33. The van der Waals surface area contributed by atoms with E-state index in [1.54, 1.807) is 19.3 Å². The van der Waals surface area contributed by atoms with Gasteiger partial charge in [-0.05, 0) is 37.1 Å². The standard InChI is InChI=1S/C18H21N3O3S/c1-13-4-3-5-15(8-13)20-16-9-14(10-19-11-16)18(22)21(2)17-6-7-25(23,24)12-17/h3-5,8-11,17,20H,6-7,12H2,1-2H3. The van der Waals surface area contributed by atoms with Crippen molar-refractivity contribution in [2.45, 2.75) is 19.4 Å². The summed E-state index contributed by atoms with van der Waals surface area (Å²) in [6.07, 6.45) is 3.64. The third-order valence-corrected chi connectivity index (χ3v) is 6.12. The van der Waals surface area contributed by atoms with E-state index in [0.717, 1.165) is 11.3 Å². The third-order valence-electron chi connectivity index (χ3n) is 4.37. The molecule has 7 heteroatoms. The topological polar surface area (TPSA) is 79.4 Å². The lowest BCUT2D eigenvalue weighted by atomic mass is 10.1. The Morgan fingerprint density at radius 1 is 1.24 bits per heavy atom. The lowest BCUT2D eigenvalue weighted by molar-refractivity contribution is 0.0747. The van der Waals surface area contributed by atoms with E-state index in [1.165, 1.54) is 11.1 Å². The van der Waals surface area contributed by atoms with Crippen LogP contribution >= 0.6 is 0 Å². The van der Waals surface area contributed by atoms with Crippen molar-refractivity contribution in [1.82, 2.24) is 9.88 Å². The number of aryl methyl sites for hydroxylation is 1. The summed E-state index contributed by atoms with van der Waals surface area (Å²) in [5.74, 6) is -0.0469. The number of aromatic nitrogens is 1. The van der Waals surface area contributed by atoms with Gasteiger partial charge in [0.05, 0.1) is 29.0 Å². The highest BCUT2D eigenvalue weighted by atomic mass is 32.2.